The van der Waals surface area contributed by atoms with E-state index in [9.17, 15) is 8.42 Å². The minimum absolute atomic E-state index is 0.329. The molecular formula is C17H23N3O2S. The molecule has 0 atom stereocenters. The lowest BCUT2D eigenvalue weighted by Crippen LogP contribution is -2.33. The molecule has 0 amide bonds. The number of aromatic nitrogens is 1. The van der Waals surface area contributed by atoms with Crippen LogP contribution in [0.5, 0.6) is 0 Å². The van der Waals surface area contributed by atoms with Crippen LogP contribution in [0.2, 0.25) is 0 Å². The average Bonchev–Trinajstić information content (AvgIpc) is 2.59. The summed E-state index contributed by atoms with van der Waals surface area (Å²) in [4.78, 5) is 6.79. The van der Waals surface area contributed by atoms with Crippen LogP contribution in [0, 0.1) is 0 Å². The van der Waals surface area contributed by atoms with Gasteiger partial charge in [0, 0.05) is 29.7 Å². The quantitative estimate of drug-likeness (QED) is 0.825. The van der Waals surface area contributed by atoms with Crippen molar-refractivity contribution in [2.75, 3.05) is 26.2 Å². The number of pyridine rings is 1. The maximum Gasteiger partial charge on any atom is 0.241 e. The van der Waals surface area contributed by atoms with Crippen LogP contribution < -0.4 is 4.72 Å². The highest BCUT2D eigenvalue weighted by atomic mass is 32.2. The molecule has 1 saturated heterocycles. The van der Waals surface area contributed by atoms with Gasteiger partial charge in [0.2, 0.25) is 10.0 Å². The lowest BCUT2D eigenvalue weighted by atomic mass is 10.1. The zero-order chi connectivity index (χ0) is 16.1. The molecule has 2 heterocycles. The molecule has 0 radical (unpaired) electrons. The van der Waals surface area contributed by atoms with Crippen molar-refractivity contribution in [1.29, 1.82) is 0 Å². The van der Waals surface area contributed by atoms with Crippen molar-refractivity contribution in [3.8, 4) is 0 Å². The first-order valence-electron chi connectivity index (χ1n) is 8.21. The third-order valence-corrected chi connectivity index (χ3v) is 5.84. The minimum atomic E-state index is -3.49. The topological polar surface area (TPSA) is 62.3 Å². The summed E-state index contributed by atoms with van der Waals surface area (Å²) in [6.07, 6.45) is 7.98. The van der Waals surface area contributed by atoms with Gasteiger partial charge in [-0.2, -0.15) is 0 Å². The summed E-state index contributed by atoms with van der Waals surface area (Å²) in [6, 6.07) is 7.02. The molecule has 124 valence electrons. The third kappa shape index (κ3) is 4.07. The van der Waals surface area contributed by atoms with Crippen molar-refractivity contribution in [3.63, 3.8) is 0 Å². The SMILES string of the molecule is O=S(=O)(NCCCN1CCCCC1)c1cccc2cnccc12. The number of hydrogen-bond donors (Lipinski definition) is 1. The Bertz CT molecular complexity index is 750. The molecule has 0 saturated carbocycles. The minimum Gasteiger partial charge on any atom is -0.303 e. The van der Waals surface area contributed by atoms with Gasteiger partial charge in [0.25, 0.3) is 0 Å². The predicted molar refractivity (Wildman–Crippen MR) is 91.8 cm³/mol. The van der Waals surface area contributed by atoms with Crippen LogP contribution in [-0.2, 0) is 10.0 Å². The van der Waals surface area contributed by atoms with Gasteiger partial charge in [-0.15, -0.1) is 0 Å². The molecule has 0 bridgehead atoms. The summed E-state index contributed by atoms with van der Waals surface area (Å²) in [5, 5.41) is 1.55. The number of rotatable bonds is 6. The molecule has 1 aliphatic heterocycles. The van der Waals surface area contributed by atoms with Crippen LogP contribution in [0.15, 0.2) is 41.6 Å². The molecule has 23 heavy (non-hydrogen) atoms. The Kier molecular flexibility index (Phi) is 5.25. The van der Waals surface area contributed by atoms with E-state index >= 15 is 0 Å². The summed E-state index contributed by atoms with van der Waals surface area (Å²) < 4.78 is 27.8. The monoisotopic (exact) mass is 333 g/mol. The number of likely N-dealkylation sites (tertiary alicyclic amines) is 1. The van der Waals surface area contributed by atoms with E-state index in [2.05, 4.69) is 14.6 Å². The lowest BCUT2D eigenvalue weighted by molar-refractivity contribution is 0.227. The number of nitrogens with one attached hydrogen (secondary N) is 1. The van der Waals surface area contributed by atoms with Gasteiger partial charge < -0.3 is 4.90 Å². The van der Waals surface area contributed by atoms with Gasteiger partial charge in [-0.05, 0) is 51.0 Å². The highest BCUT2D eigenvalue weighted by Crippen LogP contribution is 2.21. The highest BCUT2D eigenvalue weighted by molar-refractivity contribution is 7.89. The summed E-state index contributed by atoms with van der Waals surface area (Å²) in [5.74, 6) is 0. The van der Waals surface area contributed by atoms with Crippen molar-refractivity contribution in [2.45, 2.75) is 30.6 Å². The van der Waals surface area contributed by atoms with E-state index in [-0.39, 0.29) is 0 Å². The number of fused-ring (bicyclic) bond motifs is 1. The molecule has 0 aliphatic carbocycles. The maximum absolute atomic E-state index is 12.6. The average molecular weight is 333 g/mol. The Morgan fingerprint density at radius 1 is 1.13 bits per heavy atom. The maximum atomic E-state index is 12.6. The van der Waals surface area contributed by atoms with Crippen LogP contribution >= 0.6 is 0 Å². The molecule has 3 rings (SSSR count). The van der Waals surface area contributed by atoms with Crippen molar-refractivity contribution >= 4 is 20.8 Å². The second kappa shape index (κ2) is 7.38. The molecule has 1 fully saturated rings. The molecule has 1 aliphatic rings. The van der Waals surface area contributed by atoms with E-state index in [0.717, 1.165) is 31.4 Å². The van der Waals surface area contributed by atoms with Crippen LogP contribution in [0.1, 0.15) is 25.7 Å². The van der Waals surface area contributed by atoms with Crippen molar-refractivity contribution < 1.29 is 8.42 Å². The molecule has 5 nitrogen and oxygen atoms in total. The molecule has 1 N–H and O–H groups in total. The fourth-order valence-electron chi connectivity index (χ4n) is 3.10. The van der Waals surface area contributed by atoms with E-state index in [0.29, 0.717) is 16.8 Å². The Hall–Kier alpha value is -1.50. The van der Waals surface area contributed by atoms with Crippen molar-refractivity contribution in [2.24, 2.45) is 0 Å². The van der Waals surface area contributed by atoms with E-state index in [1.54, 1.807) is 30.6 Å². The summed E-state index contributed by atoms with van der Waals surface area (Å²) in [6.45, 7) is 3.72. The first kappa shape index (κ1) is 16.4. The summed E-state index contributed by atoms with van der Waals surface area (Å²) in [5.41, 5.74) is 0. The highest BCUT2D eigenvalue weighted by Gasteiger charge is 2.17. The Morgan fingerprint density at radius 3 is 2.78 bits per heavy atom. The van der Waals surface area contributed by atoms with Crippen LogP contribution in [0.25, 0.3) is 10.8 Å². The number of sulfonamides is 1. The molecule has 1 aromatic carbocycles. The van der Waals surface area contributed by atoms with Gasteiger partial charge in [-0.25, -0.2) is 13.1 Å². The molecule has 6 heteroatoms. The fraction of sp³-hybridized carbons (Fsp3) is 0.471. The largest absolute Gasteiger partial charge is 0.303 e. The normalized spacial score (nSPS) is 16.7. The standard InChI is InChI=1S/C17H23N3O2S/c21-23(22,19-9-5-13-20-11-2-1-3-12-20)17-7-4-6-15-14-18-10-8-16(15)17/h4,6-8,10,14,19H,1-3,5,9,11-13H2. The van der Waals surface area contributed by atoms with Gasteiger partial charge in [0.05, 0.1) is 4.90 Å². The lowest BCUT2D eigenvalue weighted by Gasteiger charge is -2.26. The van der Waals surface area contributed by atoms with Crippen molar-refractivity contribution in [3.05, 3.63) is 36.7 Å². The summed E-state index contributed by atoms with van der Waals surface area (Å²) >= 11 is 0. The van der Waals surface area contributed by atoms with Crippen LogP contribution in [0.4, 0.5) is 0 Å². The van der Waals surface area contributed by atoms with Gasteiger partial charge in [-0.1, -0.05) is 18.6 Å². The van der Waals surface area contributed by atoms with Gasteiger partial charge in [0.15, 0.2) is 0 Å². The number of hydrogen-bond acceptors (Lipinski definition) is 4. The predicted octanol–water partition coefficient (Wildman–Crippen LogP) is 2.39. The number of benzene rings is 1. The molecule has 2 aromatic rings. The van der Waals surface area contributed by atoms with Crippen LogP contribution in [0.3, 0.4) is 0 Å². The first-order valence-corrected chi connectivity index (χ1v) is 9.70. The summed E-state index contributed by atoms with van der Waals surface area (Å²) in [7, 11) is -3.49. The molecule has 0 unspecified atom stereocenters. The Balaban J connectivity index is 1.62. The van der Waals surface area contributed by atoms with E-state index in [1.807, 2.05) is 6.07 Å². The third-order valence-electron chi connectivity index (χ3n) is 4.32. The van der Waals surface area contributed by atoms with E-state index in [4.69, 9.17) is 0 Å². The van der Waals surface area contributed by atoms with Crippen LogP contribution in [-0.4, -0.2) is 44.5 Å². The second-order valence-electron chi connectivity index (χ2n) is 6.01. The van der Waals surface area contributed by atoms with Gasteiger partial charge in [-0.3, -0.25) is 4.98 Å². The molecule has 1 aromatic heterocycles. The second-order valence-corrected chi connectivity index (χ2v) is 7.74. The smallest absolute Gasteiger partial charge is 0.241 e. The number of nitrogens with zero attached hydrogens (tertiary/aromatic N) is 2. The Morgan fingerprint density at radius 2 is 1.96 bits per heavy atom. The zero-order valence-electron chi connectivity index (χ0n) is 13.2. The van der Waals surface area contributed by atoms with E-state index < -0.39 is 10.0 Å². The Labute approximate surface area is 137 Å². The van der Waals surface area contributed by atoms with Gasteiger partial charge in [0.1, 0.15) is 0 Å². The molecule has 0 spiro atoms. The van der Waals surface area contributed by atoms with E-state index in [1.165, 1.54) is 19.3 Å². The van der Waals surface area contributed by atoms with Crippen molar-refractivity contribution in [1.82, 2.24) is 14.6 Å². The van der Waals surface area contributed by atoms with Gasteiger partial charge >= 0.3 is 0 Å². The number of piperidine rings is 1. The zero-order valence-corrected chi connectivity index (χ0v) is 14.1. The molecular weight excluding hydrogens is 310 g/mol. The fourth-order valence-corrected chi connectivity index (χ4v) is 4.40. The first-order chi connectivity index (χ1) is 11.2.